The summed E-state index contributed by atoms with van der Waals surface area (Å²) in [4.78, 5) is 0. The number of hydrogen-bond acceptors (Lipinski definition) is 1. The molecule has 2 atom stereocenters. The molecule has 0 spiro atoms. The van der Waals surface area contributed by atoms with E-state index in [2.05, 4.69) is 36.5 Å². The van der Waals surface area contributed by atoms with Crippen molar-refractivity contribution in [2.45, 2.75) is 50.9 Å². The average molecular weight is 243 g/mol. The minimum atomic E-state index is 0.791. The second kappa shape index (κ2) is 5.44. The molecule has 3 rings (SSSR count). The van der Waals surface area contributed by atoms with Crippen LogP contribution in [-0.4, -0.2) is 13.1 Å². The van der Waals surface area contributed by atoms with E-state index in [1.54, 1.807) is 11.1 Å². The number of rotatable bonds is 4. The maximum absolute atomic E-state index is 3.56. The molecule has 18 heavy (non-hydrogen) atoms. The fraction of sp³-hybridized carbons (Fsp3) is 0.647. The Morgan fingerprint density at radius 2 is 1.78 bits per heavy atom. The molecule has 1 N–H and O–H groups in total. The van der Waals surface area contributed by atoms with Gasteiger partial charge >= 0.3 is 0 Å². The van der Waals surface area contributed by atoms with Gasteiger partial charge in [0.25, 0.3) is 0 Å². The zero-order valence-corrected chi connectivity index (χ0v) is 11.5. The second-order valence-corrected chi connectivity index (χ2v) is 6.09. The van der Waals surface area contributed by atoms with Crippen LogP contribution in [0.5, 0.6) is 0 Å². The smallest absolute Gasteiger partial charge is 0.00147 e. The summed E-state index contributed by atoms with van der Waals surface area (Å²) in [7, 11) is 0. The molecule has 1 aliphatic carbocycles. The van der Waals surface area contributed by atoms with Crippen molar-refractivity contribution >= 4 is 0 Å². The molecule has 1 nitrogen and oxygen atoms in total. The summed E-state index contributed by atoms with van der Waals surface area (Å²) >= 11 is 0. The van der Waals surface area contributed by atoms with Crippen molar-refractivity contribution < 1.29 is 0 Å². The Morgan fingerprint density at radius 1 is 1.06 bits per heavy atom. The highest BCUT2D eigenvalue weighted by Gasteiger charge is 2.27. The van der Waals surface area contributed by atoms with Crippen LogP contribution < -0.4 is 5.32 Å². The van der Waals surface area contributed by atoms with Crippen LogP contribution in [0.25, 0.3) is 0 Å². The van der Waals surface area contributed by atoms with Gasteiger partial charge in [-0.05, 0) is 67.7 Å². The van der Waals surface area contributed by atoms with Gasteiger partial charge in [0, 0.05) is 0 Å². The number of benzene rings is 1. The van der Waals surface area contributed by atoms with E-state index < -0.39 is 0 Å². The van der Waals surface area contributed by atoms with E-state index in [1.165, 1.54) is 45.2 Å². The van der Waals surface area contributed by atoms with Crippen molar-refractivity contribution in [2.24, 2.45) is 5.92 Å². The van der Waals surface area contributed by atoms with Crippen molar-refractivity contribution in [1.29, 1.82) is 0 Å². The molecule has 0 aromatic heterocycles. The molecule has 1 heterocycles. The first-order valence-corrected chi connectivity index (χ1v) is 7.69. The highest BCUT2D eigenvalue weighted by Crippen LogP contribution is 2.41. The minimum absolute atomic E-state index is 0.791. The van der Waals surface area contributed by atoms with E-state index in [-0.39, 0.29) is 0 Å². The van der Waals surface area contributed by atoms with Gasteiger partial charge in [-0.25, -0.2) is 0 Å². The second-order valence-electron chi connectivity index (χ2n) is 6.09. The van der Waals surface area contributed by atoms with Gasteiger partial charge in [-0.15, -0.1) is 0 Å². The van der Waals surface area contributed by atoms with Crippen LogP contribution in [0.3, 0.4) is 0 Å². The molecule has 1 heteroatoms. The number of piperidine rings is 1. The first-order valence-electron chi connectivity index (χ1n) is 7.69. The monoisotopic (exact) mass is 243 g/mol. The molecule has 98 valence electrons. The first-order chi connectivity index (χ1) is 8.88. The van der Waals surface area contributed by atoms with Crippen molar-refractivity contribution in [3.8, 4) is 0 Å². The van der Waals surface area contributed by atoms with Crippen LogP contribution in [0.15, 0.2) is 24.3 Å². The zero-order chi connectivity index (χ0) is 12.4. The third-order valence-electron chi connectivity index (χ3n) is 4.68. The molecule has 2 fully saturated rings. The van der Waals surface area contributed by atoms with E-state index in [1.807, 2.05) is 0 Å². The van der Waals surface area contributed by atoms with Crippen LogP contribution in [-0.2, 0) is 0 Å². The Hall–Kier alpha value is -0.820. The predicted octanol–water partition coefficient (Wildman–Crippen LogP) is 4.06. The third kappa shape index (κ3) is 2.61. The Morgan fingerprint density at radius 3 is 2.44 bits per heavy atom. The first kappa shape index (κ1) is 12.2. The summed E-state index contributed by atoms with van der Waals surface area (Å²) in [6.45, 7) is 4.71. The molecule has 0 radical (unpaired) electrons. The average Bonchev–Trinajstić information content (AvgIpc) is 3.25. The Balaban J connectivity index is 1.74. The van der Waals surface area contributed by atoms with Crippen LogP contribution in [0, 0.1) is 5.92 Å². The van der Waals surface area contributed by atoms with Crippen LogP contribution in [0.1, 0.15) is 62.0 Å². The van der Waals surface area contributed by atoms with Crippen molar-refractivity contribution in [1.82, 2.24) is 5.32 Å². The van der Waals surface area contributed by atoms with Gasteiger partial charge in [0.15, 0.2) is 0 Å². The summed E-state index contributed by atoms with van der Waals surface area (Å²) in [5.41, 5.74) is 3.15. The molecule has 1 saturated heterocycles. The van der Waals surface area contributed by atoms with Gasteiger partial charge in [0.05, 0.1) is 0 Å². The quantitative estimate of drug-likeness (QED) is 0.841. The third-order valence-corrected chi connectivity index (χ3v) is 4.68. The molecule has 1 aromatic rings. The Kier molecular flexibility index (Phi) is 3.69. The van der Waals surface area contributed by atoms with Gasteiger partial charge in [0.1, 0.15) is 0 Å². The number of hydrogen-bond donors (Lipinski definition) is 1. The lowest BCUT2D eigenvalue weighted by atomic mass is 9.79. The van der Waals surface area contributed by atoms with E-state index in [0.717, 1.165) is 17.8 Å². The lowest BCUT2D eigenvalue weighted by Gasteiger charge is -2.32. The normalized spacial score (nSPS) is 28.3. The highest BCUT2D eigenvalue weighted by molar-refractivity contribution is 5.30. The van der Waals surface area contributed by atoms with Crippen molar-refractivity contribution in [2.75, 3.05) is 13.1 Å². The predicted molar refractivity (Wildman–Crippen MR) is 77.0 cm³/mol. The van der Waals surface area contributed by atoms with Gasteiger partial charge < -0.3 is 5.32 Å². The summed E-state index contributed by atoms with van der Waals surface area (Å²) in [6.07, 6.45) is 6.80. The lowest BCUT2D eigenvalue weighted by Crippen LogP contribution is -2.35. The van der Waals surface area contributed by atoms with Gasteiger partial charge in [-0.3, -0.25) is 0 Å². The summed E-state index contributed by atoms with van der Waals surface area (Å²) in [6, 6.07) is 9.59. The lowest BCUT2D eigenvalue weighted by molar-refractivity contribution is 0.307. The van der Waals surface area contributed by atoms with E-state index in [0.29, 0.717) is 0 Å². The fourth-order valence-corrected chi connectivity index (χ4v) is 3.47. The largest absolute Gasteiger partial charge is 0.316 e. The summed E-state index contributed by atoms with van der Waals surface area (Å²) in [5.74, 6) is 2.52. The SMILES string of the molecule is CCCC1CNCCC1c1ccc(C2CC2)cc1. The maximum atomic E-state index is 3.56. The molecule has 0 bridgehead atoms. The summed E-state index contributed by atoms with van der Waals surface area (Å²) in [5, 5.41) is 3.56. The minimum Gasteiger partial charge on any atom is -0.316 e. The molecule has 1 saturated carbocycles. The molecule has 1 aromatic carbocycles. The van der Waals surface area contributed by atoms with Crippen molar-refractivity contribution in [3.05, 3.63) is 35.4 Å². The Bertz CT molecular complexity index is 375. The van der Waals surface area contributed by atoms with Gasteiger partial charge in [0.2, 0.25) is 0 Å². The van der Waals surface area contributed by atoms with E-state index in [4.69, 9.17) is 0 Å². The zero-order valence-electron chi connectivity index (χ0n) is 11.5. The number of nitrogens with one attached hydrogen (secondary N) is 1. The van der Waals surface area contributed by atoms with Crippen LogP contribution in [0.2, 0.25) is 0 Å². The van der Waals surface area contributed by atoms with E-state index >= 15 is 0 Å². The molecular formula is C17H25N. The molecule has 1 aliphatic heterocycles. The maximum Gasteiger partial charge on any atom is -0.00147 e. The van der Waals surface area contributed by atoms with Gasteiger partial charge in [-0.1, -0.05) is 37.6 Å². The Labute approximate surface area is 111 Å². The van der Waals surface area contributed by atoms with Crippen molar-refractivity contribution in [3.63, 3.8) is 0 Å². The van der Waals surface area contributed by atoms with E-state index in [9.17, 15) is 0 Å². The van der Waals surface area contributed by atoms with Crippen LogP contribution in [0.4, 0.5) is 0 Å². The standard InChI is InChI=1S/C17H25N/c1-2-3-16-12-18-11-10-17(16)15-8-6-14(7-9-15)13-4-5-13/h6-9,13,16-18H,2-5,10-12H2,1H3. The fourth-order valence-electron chi connectivity index (χ4n) is 3.47. The molecule has 2 aliphatic rings. The molecular weight excluding hydrogens is 218 g/mol. The molecule has 2 unspecified atom stereocenters. The highest BCUT2D eigenvalue weighted by atomic mass is 14.9. The summed E-state index contributed by atoms with van der Waals surface area (Å²) < 4.78 is 0. The topological polar surface area (TPSA) is 12.0 Å². The van der Waals surface area contributed by atoms with Crippen LogP contribution >= 0.6 is 0 Å². The molecule has 0 amide bonds. The van der Waals surface area contributed by atoms with Gasteiger partial charge in [-0.2, -0.15) is 0 Å².